The van der Waals surface area contributed by atoms with E-state index in [0.29, 0.717) is 24.7 Å². The van der Waals surface area contributed by atoms with Gasteiger partial charge in [0.2, 0.25) is 0 Å². The average molecular weight is 1210 g/mol. The van der Waals surface area contributed by atoms with E-state index in [-0.39, 0.29) is 30.5 Å². The van der Waals surface area contributed by atoms with Crippen molar-refractivity contribution in [1.82, 2.24) is 0 Å². The van der Waals surface area contributed by atoms with Crippen molar-refractivity contribution in [2.45, 2.75) is 213 Å². The molecule has 0 unspecified atom stereocenters. The molecule has 2 aliphatic rings. The second kappa shape index (κ2) is 60.0. The number of carboxylic acid groups (broad SMARTS) is 2. The van der Waals surface area contributed by atoms with Crippen LogP contribution >= 0.6 is 37.7 Å². The molecule has 53 heavy (non-hydrogen) atoms. The minimum absolute atomic E-state index is 0. The topological polar surface area (TPSA) is 185 Å². The zero-order valence-electron chi connectivity index (χ0n) is 32.4. The van der Waals surface area contributed by atoms with Gasteiger partial charge in [-0.15, -0.1) is 0 Å². The summed E-state index contributed by atoms with van der Waals surface area (Å²) in [5.41, 5.74) is 14.8. The minimum atomic E-state index is -0.659. The first kappa shape index (κ1) is 69.0. The van der Waals surface area contributed by atoms with Crippen molar-refractivity contribution < 1.29 is 63.7 Å². The molecule has 0 saturated heterocycles. The van der Waals surface area contributed by atoms with E-state index in [2.05, 4.69) is 27.7 Å². The summed E-state index contributed by atoms with van der Waals surface area (Å²) in [4.78, 5) is 20.4. The van der Waals surface area contributed by atoms with E-state index in [1.54, 1.807) is 0 Å². The van der Waals surface area contributed by atoms with E-state index in [1.807, 2.05) is 0 Å². The number of aliphatic carboxylic acids is 2. The van der Waals surface area contributed by atoms with Gasteiger partial charge in [0.15, 0.2) is 0 Å². The van der Waals surface area contributed by atoms with Crippen LogP contribution in [-0.2, 0) is 42.6 Å². The third kappa shape index (κ3) is 68.4. The van der Waals surface area contributed by atoms with Crippen LogP contribution in [0.5, 0.6) is 0 Å². The van der Waals surface area contributed by atoms with Crippen molar-refractivity contribution in [2.75, 3.05) is 0 Å². The Morgan fingerprint density at radius 2 is 0.736 bits per heavy atom. The molecule has 4 atom stereocenters. The predicted molar refractivity (Wildman–Crippen MR) is 227 cm³/mol. The molecule has 2 fully saturated rings. The standard InChI is InChI=1S/2C12H24O2.2C7H13N.CH4.4ClH.2H2O.2Pt/c2*1-2-3-4-5-6-7-8-9-10-11-12(13)14;2*1-6-4-2-3-5-7(6)8;;;;;;;;;/h2*2-11H2,1H3,(H,13,14);2*6-8H,1-5H2;1H4;4*1H;2*1H2;;/q;;2*-2;;;;;;;;2*+4/p-4/t;;2*6-,7-;;;;;;;;;/m..11........./s1. The second-order valence-corrected chi connectivity index (χ2v) is 19.9. The van der Waals surface area contributed by atoms with Crippen molar-refractivity contribution >= 4 is 49.6 Å². The normalized spacial score (nSPS) is 18.3. The van der Waals surface area contributed by atoms with Crippen LogP contribution in [0, 0.1) is 25.7 Å². The molecule has 0 aromatic carbocycles. The van der Waals surface area contributed by atoms with Crippen LogP contribution in [0.15, 0.2) is 0 Å². The Morgan fingerprint density at radius 1 is 0.528 bits per heavy atom. The Morgan fingerprint density at radius 3 is 0.906 bits per heavy atom. The van der Waals surface area contributed by atoms with Gasteiger partial charge in [0.1, 0.15) is 0 Å². The van der Waals surface area contributed by atoms with Crippen LogP contribution in [0.4, 0.5) is 0 Å². The van der Waals surface area contributed by atoms with Crippen LogP contribution < -0.4 is 0 Å². The van der Waals surface area contributed by atoms with Gasteiger partial charge in [-0.25, -0.2) is 0 Å². The number of hydrogen-bond acceptors (Lipinski definition) is 2. The Kier molecular flexibility index (Phi) is 78.1. The molecule has 0 aliphatic heterocycles. The molecule has 2 aliphatic carbocycles. The van der Waals surface area contributed by atoms with Gasteiger partial charge < -0.3 is 46.5 Å². The molecule has 2 saturated carbocycles. The average Bonchev–Trinajstić information content (AvgIpc) is 3.07. The van der Waals surface area contributed by atoms with E-state index in [0.717, 1.165) is 38.5 Å². The third-order valence-corrected chi connectivity index (χ3v) is 8.81. The SMILES string of the molecule is C.CCCCCCCCCCCC(=O)O.CCCCCCCCCCCC(=O)O.O.O.[CH2-][C@@H]1CCCC[C@H]1[NH-].[CH2-][C@@H]1CCCC[C@H]1[NH-].[Cl][Pt+2][Cl].[Cl][Pt+2][Cl]. The van der Waals surface area contributed by atoms with Gasteiger partial charge in [0.05, 0.1) is 0 Å². The third-order valence-electron chi connectivity index (χ3n) is 8.81. The molecule has 0 heterocycles. The van der Waals surface area contributed by atoms with Gasteiger partial charge in [0, 0.05) is 12.8 Å². The molecule has 0 amide bonds. The number of carboxylic acids is 2. The summed E-state index contributed by atoms with van der Waals surface area (Å²) < 4.78 is 0. The van der Waals surface area contributed by atoms with E-state index >= 15 is 0 Å². The summed E-state index contributed by atoms with van der Waals surface area (Å²) >= 11 is -0.944. The van der Waals surface area contributed by atoms with Crippen molar-refractivity contribution in [3.05, 3.63) is 25.3 Å². The van der Waals surface area contributed by atoms with Gasteiger partial charge in [-0.1, -0.05) is 175 Å². The van der Waals surface area contributed by atoms with Gasteiger partial charge in [-0.05, 0) is 12.8 Å². The van der Waals surface area contributed by atoms with Crippen molar-refractivity contribution in [3.63, 3.8) is 0 Å². The predicted octanol–water partition coefficient (Wildman–Crippen LogP) is 14.6. The molecule has 0 spiro atoms. The van der Waals surface area contributed by atoms with Gasteiger partial charge >= 0.3 is 82.6 Å². The first-order chi connectivity index (χ1) is 24.0. The molecule has 332 valence electrons. The summed E-state index contributed by atoms with van der Waals surface area (Å²) in [6.45, 7) is 12.2. The molecule has 8 nitrogen and oxygen atoms in total. The van der Waals surface area contributed by atoms with Crippen LogP contribution in [0.25, 0.3) is 11.5 Å². The molecule has 8 N–H and O–H groups in total. The number of unbranched alkanes of at least 4 members (excludes halogenated alkanes) is 16. The van der Waals surface area contributed by atoms with Crippen LogP contribution in [0.3, 0.4) is 0 Å². The quantitative estimate of drug-likeness (QED) is 0.0908. The Bertz CT molecular complexity index is 609. The molecule has 0 bridgehead atoms. The Hall–Kier alpha value is 1.32. The van der Waals surface area contributed by atoms with Gasteiger partial charge in [-0.3, -0.25) is 9.59 Å². The summed E-state index contributed by atoms with van der Waals surface area (Å²) in [6, 6.07) is 0.285. The Balaban J connectivity index is -0.000000101. The molecule has 2 rings (SSSR count). The molecule has 0 aromatic rings. The van der Waals surface area contributed by atoms with E-state index < -0.39 is 44.9 Å². The number of hydrogen-bond donors (Lipinski definition) is 2. The summed E-state index contributed by atoms with van der Waals surface area (Å²) in [5, 5.41) is 16.8. The fraction of sp³-hybridized carbons (Fsp3) is 0.897. The number of carbonyl (C=O) groups is 2. The molecular formula is C39H82Cl4N2O6Pt2. The molecule has 0 radical (unpaired) electrons. The fourth-order valence-electron chi connectivity index (χ4n) is 5.59. The summed E-state index contributed by atoms with van der Waals surface area (Å²) in [7, 11) is 19.5. The van der Waals surface area contributed by atoms with Gasteiger partial charge in [-0.2, -0.15) is 23.9 Å². The number of nitrogens with one attached hydrogen (secondary N) is 2. The maximum absolute atomic E-state index is 10.2. The van der Waals surface area contributed by atoms with Crippen molar-refractivity contribution in [2.24, 2.45) is 11.8 Å². The summed E-state index contributed by atoms with van der Waals surface area (Å²) in [5.74, 6) is -0.478. The van der Waals surface area contributed by atoms with Gasteiger partial charge in [0.25, 0.3) is 0 Å². The zero-order valence-corrected chi connectivity index (χ0v) is 39.9. The van der Waals surface area contributed by atoms with Crippen LogP contribution in [0.2, 0.25) is 0 Å². The molecule has 0 aromatic heterocycles. The fourth-order valence-corrected chi connectivity index (χ4v) is 5.59. The molecular weight excluding hydrogens is 1120 g/mol. The maximum atomic E-state index is 10.2. The first-order valence-electron chi connectivity index (χ1n) is 19.1. The van der Waals surface area contributed by atoms with Crippen molar-refractivity contribution in [3.8, 4) is 0 Å². The van der Waals surface area contributed by atoms with Crippen molar-refractivity contribution in [1.29, 1.82) is 0 Å². The van der Waals surface area contributed by atoms with E-state index in [9.17, 15) is 9.59 Å². The van der Waals surface area contributed by atoms with E-state index in [1.165, 1.54) is 128 Å². The van der Waals surface area contributed by atoms with Crippen LogP contribution in [0.1, 0.15) is 201 Å². The number of rotatable bonds is 20. The summed E-state index contributed by atoms with van der Waals surface area (Å²) in [6.07, 6.45) is 32.6. The second-order valence-electron chi connectivity index (χ2n) is 13.3. The molecule has 14 heteroatoms. The number of halogens is 4. The monoisotopic (exact) mass is 1200 g/mol. The van der Waals surface area contributed by atoms with Crippen LogP contribution in [-0.4, -0.2) is 45.2 Å². The van der Waals surface area contributed by atoms with E-state index in [4.69, 9.17) is 59.4 Å². The Labute approximate surface area is 360 Å². The zero-order chi connectivity index (χ0) is 38.7. The first-order valence-corrected chi connectivity index (χ1v) is 30.4.